The number of Topliss-reactive ketones (excluding diaryl/α,β-unsaturated/α-hetero) is 1. The second-order valence-electron chi connectivity index (χ2n) is 6.47. The van der Waals surface area contributed by atoms with Crippen molar-refractivity contribution < 1.29 is 14.3 Å². The molecule has 0 aromatic heterocycles. The largest absolute Gasteiger partial charge is 0.465 e. The molecule has 0 radical (unpaired) electrons. The number of carbonyl (C=O) groups excluding carboxylic acids is 2. The predicted molar refractivity (Wildman–Crippen MR) is 85.8 cm³/mol. The van der Waals surface area contributed by atoms with Crippen LogP contribution in [0.2, 0.25) is 0 Å². The Balaban J connectivity index is 1.89. The minimum Gasteiger partial charge on any atom is -0.465 e. The molecule has 1 saturated heterocycles. The summed E-state index contributed by atoms with van der Waals surface area (Å²) >= 11 is 0. The van der Waals surface area contributed by atoms with Crippen LogP contribution in [0.25, 0.3) is 0 Å². The zero-order chi connectivity index (χ0) is 15.9. The number of esters is 1. The molecule has 3 nitrogen and oxygen atoms in total. The van der Waals surface area contributed by atoms with Crippen molar-refractivity contribution in [3.63, 3.8) is 0 Å². The molecule has 4 rings (SSSR count). The Bertz CT molecular complexity index is 696. The summed E-state index contributed by atoms with van der Waals surface area (Å²) in [5, 5.41) is 0. The number of cyclic esters (lactones) is 1. The van der Waals surface area contributed by atoms with E-state index in [-0.39, 0.29) is 23.6 Å². The SMILES string of the molecule is O=C1OCC2CC(=O)C(c3ccccc3)(c3ccccc3)CC12. The van der Waals surface area contributed by atoms with Crippen LogP contribution in [0.1, 0.15) is 24.0 Å². The summed E-state index contributed by atoms with van der Waals surface area (Å²) in [4.78, 5) is 25.3. The fourth-order valence-electron chi connectivity index (χ4n) is 4.08. The number of carbonyl (C=O) groups is 2. The van der Waals surface area contributed by atoms with Crippen molar-refractivity contribution in [1.82, 2.24) is 0 Å². The number of hydrogen-bond acceptors (Lipinski definition) is 3. The van der Waals surface area contributed by atoms with Gasteiger partial charge >= 0.3 is 5.97 Å². The Labute approximate surface area is 135 Å². The van der Waals surface area contributed by atoms with Crippen molar-refractivity contribution in [3.8, 4) is 0 Å². The Kier molecular flexibility index (Phi) is 3.29. The van der Waals surface area contributed by atoms with E-state index in [1.165, 1.54) is 0 Å². The molecular weight excluding hydrogens is 288 g/mol. The Morgan fingerprint density at radius 1 is 0.870 bits per heavy atom. The maximum Gasteiger partial charge on any atom is 0.309 e. The first kappa shape index (κ1) is 14.2. The zero-order valence-corrected chi connectivity index (χ0v) is 12.8. The summed E-state index contributed by atoms with van der Waals surface area (Å²) in [6, 6.07) is 19.7. The third-order valence-electron chi connectivity index (χ3n) is 5.29. The number of ketones is 1. The molecule has 2 aromatic rings. The van der Waals surface area contributed by atoms with Crippen molar-refractivity contribution in [1.29, 1.82) is 0 Å². The van der Waals surface area contributed by atoms with E-state index in [2.05, 4.69) is 0 Å². The minimum absolute atomic E-state index is 0.0375. The number of hydrogen-bond donors (Lipinski definition) is 0. The highest BCUT2D eigenvalue weighted by molar-refractivity contribution is 5.96. The molecule has 2 aromatic carbocycles. The van der Waals surface area contributed by atoms with Gasteiger partial charge in [-0.1, -0.05) is 60.7 Å². The van der Waals surface area contributed by atoms with E-state index >= 15 is 0 Å². The van der Waals surface area contributed by atoms with Crippen LogP contribution in [0.3, 0.4) is 0 Å². The Hall–Kier alpha value is -2.42. The third kappa shape index (κ3) is 2.11. The molecule has 3 heteroatoms. The van der Waals surface area contributed by atoms with Crippen LogP contribution in [0.4, 0.5) is 0 Å². The summed E-state index contributed by atoms with van der Waals surface area (Å²) in [5.74, 6) is -0.114. The van der Waals surface area contributed by atoms with Crippen LogP contribution in [0, 0.1) is 11.8 Å². The lowest BCUT2D eigenvalue weighted by Gasteiger charge is -2.40. The van der Waals surface area contributed by atoms with Gasteiger partial charge in [-0.2, -0.15) is 0 Å². The monoisotopic (exact) mass is 306 g/mol. The summed E-state index contributed by atoms with van der Waals surface area (Å²) in [6.07, 6.45) is 0.906. The molecule has 2 fully saturated rings. The fourth-order valence-corrected chi connectivity index (χ4v) is 4.08. The van der Waals surface area contributed by atoms with Crippen molar-refractivity contribution in [3.05, 3.63) is 71.8 Å². The third-order valence-corrected chi connectivity index (χ3v) is 5.29. The first-order chi connectivity index (χ1) is 11.2. The standard InChI is InChI=1S/C20H18O3/c21-18-11-14-13-23-19(22)17(14)12-20(18,15-7-3-1-4-8-15)16-9-5-2-6-10-16/h1-10,14,17H,11-13H2. The molecule has 1 aliphatic carbocycles. The lowest BCUT2D eigenvalue weighted by Crippen LogP contribution is -2.46. The van der Waals surface area contributed by atoms with Crippen molar-refractivity contribution in [2.24, 2.45) is 11.8 Å². The summed E-state index contributed by atoms with van der Waals surface area (Å²) in [6.45, 7) is 0.384. The quantitative estimate of drug-likeness (QED) is 0.801. The van der Waals surface area contributed by atoms with Crippen molar-refractivity contribution in [2.75, 3.05) is 6.61 Å². The normalized spacial score (nSPS) is 25.7. The van der Waals surface area contributed by atoms with Gasteiger partial charge in [0.2, 0.25) is 0 Å². The molecule has 0 bridgehead atoms. The molecule has 116 valence electrons. The van der Waals surface area contributed by atoms with E-state index in [0.717, 1.165) is 11.1 Å². The molecule has 1 heterocycles. The lowest BCUT2D eigenvalue weighted by molar-refractivity contribution is -0.142. The highest BCUT2D eigenvalue weighted by Crippen LogP contribution is 2.48. The van der Waals surface area contributed by atoms with Gasteiger partial charge in [0.15, 0.2) is 0 Å². The summed E-state index contributed by atoms with van der Waals surface area (Å²) in [5.41, 5.74) is 1.19. The van der Waals surface area contributed by atoms with E-state index in [0.29, 0.717) is 19.4 Å². The fraction of sp³-hybridized carbons (Fsp3) is 0.300. The lowest BCUT2D eigenvalue weighted by atomic mass is 9.59. The maximum atomic E-state index is 13.2. The van der Waals surface area contributed by atoms with Gasteiger partial charge in [-0.15, -0.1) is 0 Å². The molecule has 2 aliphatic rings. The van der Waals surface area contributed by atoms with Crippen LogP contribution in [0.5, 0.6) is 0 Å². The predicted octanol–water partition coefficient (Wildman–Crippen LogP) is 3.12. The number of rotatable bonds is 2. The molecule has 0 N–H and O–H groups in total. The van der Waals surface area contributed by atoms with Gasteiger partial charge in [-0.25, -0.2) is 0 Å². The summed E-state index contributed by atoms with van der Waals surface area (Å²) in [7, 11) is 0. The number of fused-ring (bicyclic) bond motifs is 1. The van der Waals surface area contributed by atoms with E-state index in [9.17, 15) is 9.59 Å². The topological polar surface area (TPSA) is 43.4 Å². The van der Waals surface area contributed by atoms with Crippen LogP contribution in [0.15, 0.2) is 60.7 Å². The number of ether oxygens (including phenoxy) is 1. The average molecular weight is 306 g/mol. The highest BCUT2D eigenvalue weighted by Gasteiger charge is 2.54. The van der Waals surface area contributed by atoms with Crippen molar-refractivity contribution in [2.45, 2.75) is 18.3 Å². The molecular formula is C20H18O3. The van der Waals surface area contributed by atoms with Gasteiger partial charge in [0.1, 0.15) is 5.78 Å². The average Bonchev–Trinajstić information content (AvgIpc) is 2.95. The van der Waals surface area contributed by atoms with Gasteiger partial charge in [0.05, 0.1) is 17.9 Å². The van der Waals surface area contributed by atoms with Crippen LogP contribution in [-0.4, -0.2) is 18.4 Å². The highest BCUT2D eigenvalue weighted by atomic mass is 16.5. The van der Waals surface area contributed by atoms with Gasteiger partial charge in [0.25, 0.3) is 0 Å². The smallest absolute Gasteiger partial charge is 0.309 e. The zero-order valence-electron chi connectivity index (χ0n) is 12.8. The van der Waals surface area contributed by atoms with Gasteiger partial charge in [0, 0.05) is 12.3 Å². The Morgan fingerprint density at radius 3 is 2.00 bits per heavy atom. The van der Waals surface area contributed by atoms with E-state index in [1.54, 1.807) is 0 Å². The van der Waals surface area contributed by atoms with E-state index < -0.39 is 5.41 Å². The van der Waals surface area contributed by atoms with Crippen molar-refractivity contribution >= 4 is 11.8 Å². The van der Waals surface area contributed by atoms with E-state index in [1.807, 2.05) is 60.7 Å². The first-order valence-corrected chi connectivity index (χ1v) is 8.03. The van der Waals surface area contributed by atoms with Crippen LogP contribution < -0.4 is 0 Å². The van der Waals surface area contributed by atoms with Gasteiger partial charge in [-0.05, 0) is 17.5 Å². The van der Waals surface area contributed by atoms with Crippen LogP contribution >= 0.6 is 0 Å². The second kappa shape index (κ2) is 5.34. The number of benzene rings is 2. The molecule has 0 amide bonds. The molecule has 1 aliphatic heterocycles. The van der Waals surface area contributed by atoms with Gasteiger partial charge < -0.3 is 4.74 Å². The summed E-state index contributed by atoms with van der Waals surface area (Å²) < 4.78 is 5.22. The molecule has 2 atom stereocenters. The van der Waals surface area contributed by atoms with E-state index in [4.69, 9.17) is 4.74 Å². The Morgan fingerprint density at radius 2 is 1.43 bits per heavy atom. The molecule has 1 saturated carbocycles. The van der Waals surface area contributed by atoms with Crippen LogP contribution in [-0.2, 0) is 19.7 Å². The second-order valence-corrected chi connectivity index (χ2v) is 6.47. The first-order valence-electron chi connectivity index (χ1n) is 8.03. The molecule has 0 spiro atoms. The molecule has 23 heavy (non-hydrogen) atoms. The molecule has 2 unspecified atom stereocenters. The maximum absolute atomic E-state index is 13.2. The van der Waals surface area contributed by atoms with Gasteiger partial charge in [-0.3, -0.25) is 9.59 Å². The minimum atomic E-state index is -0.743.